The molecule has 1 aromatic rings. The molecule has 0 amide bonds. The fourth-order valence-electron chi connectivity index (χ4n) is 1.24. The first-order chi connectivity index (χ1) is 7.40. The lowest BCUT2D eigenvalue weighted by molar-refractivity contribution is -0.143. The first kappa shape index (κ1) is 12.3. The van der Waals surface area contributed by atoms with Crippen molar-refractivity contribution in [2.45, 2.75) is 12.0 Å². The number of rotatable bonds is 4. The predicted octanol–water partition coefficient (Wildman–Crippen LogP) is 0.392. The lowest BCUT2D eigenvalue weighted by atomic mass is 9.92. The van der Waals surface area contributed by atoms with Gasteiger partial charge in [0.25, 0.3) is 0 Å². The highest BCUT2D eigenvalue weighted by Gasteiger charge is 2.35. The summed E-state index contributed by atoms with van der Waals surface area (Å²) in [5.41, 5.74) is 3.32. The molecular weight excluding hydrogens is 217 g/mol. The number of carboxylic acid groups (broad SMARTS) is 1. The van der Waals surface area contributed by atoms with E-state index in [2.05, 4.69) is 0 Å². The fourth-order valence-corrected chi connectivity index (χ4v) is 1.24. The highest BCUT2D eigenvalue weighted by atomic mass is 19.1. The van der Waals surface area contributed by atoms with Crippen LogP contribution in [-0.2, 0) is 11.2 Å². The van der Waals surface area contributed by atoms with Crippen molar-refractivity contribution in [2.24, 2.45) is 5.73 Å². The Morgan fingerprint density at radius 1 is 1.44 bits per heavy atom. The third kappa shape index (κ3) is 2.22. The second kappa shape index (κ2) is 4.36. The molecular formula is C10H12FNO4. The summed E-state index contributed by atoms with van der Waals surface area (Å²) in [6.07, 6.45) is -0.404. The number of hydrogen-bond donors (Lipinski definition) is 4. The van der Waals surface area contributed by atoms with Gasteiger partial charge in [-0.15, -0.1) is 0 Å². The third-order valence-electron chi connectivity index (χ3n) is 2.27. The van der Waals surface area contributed by atoms with Crippen LogP contribution in [0.1, 0.15) is 5.56 Å². The molecule has 0 radical (unpaired) electrons. The molecule has 0 saturated heterocycles. The molecule has 0 heterocycles. The molecule has 1 rings (SSSR count). The van der Waals surface area contributed by atoms with Gasteiger partial charge in [-0.05, 0) is 6.07 Å². The molecule has 0 aliphatic heterocycles. The van der Waals surface area contributed by atoms with Crippen molar-refractivity contribution in [1.29, 1.82) is 0 Å². The van der Waals surface area contributed by atoms with Crippen LogP contribution >= 0.6 is 0 Å². The zero-order valence-electron chi connectivity index (χ0n) is 8.35. The zero-order chi connectivity index (χ0) is 12.3. The molecule has 6 heteroatoms. The quantitative estimate of drug-likeness (QED) is 0.559. The number of carbonyl (C=O) groups is 1. The van der Waals surface area contributed by atoms with E-state index >= 15 is 0 Å². The van der Waals surface area contributed by atoms with Crippen LogP contribution in [0.5, 0.6) is 11.5 Å². The maximum absolute atomic E-state index is 12.6. The second-order valence-electron chi connectivity index (χ2n) is 3.56. The van der Waals surface area contributed by atoms with E-state index in [1.165, 1.54) is 18.2 Å². The van der Waals surface area contributed by atoms with E-state index in [-0.39, 0.29) is 5.56 Å². The van der Waals surface area contributed by atoms with Crippen molar-refractivity contribution in [3.8, 4) is 11.5 Å². The number of aromatic hydroxyl groups is 2. The third-order valence-corrected chi connectivity index (χ3v) is 2.27. The first-order valence-electron chi connectivity index (χ1n) is 4.49. The zero-order valence-corrected chi connectivity index (χ0v) is 8.35. The number of para-hydroxylation sites is 1. The van der Waals surface area contributed by atoms with Crippen molar-refractivity contribution in [2.75, 3.05) is 6.67 Å². The number of benzene rings is 1. The summed E-state index contributed by atoms with van der Waals surface area (Å²) in [6.45, 7) is -1.27. The summed E-state index contributed by atoms with van der Waals surface area (Å²) >= 11 is 0. The smallest absolute Gasteiger partial charge is 0.326 e. The van der Waals surface area contributed by atoms with Gasteiger partial charge in [0.15, 0.2) is 11.5 Å². The molecule has 1 aromatic carbocycles. The fraction of sp³-hybridized carbons (Fsp3) is 0.300. The minimum absolute atomic E-state index is 0.0857. The van der Waals surface area contributed by atoms with Crippen LogP contribution in [0.4, 0.5) is 4.39 Å². The topological polar surface area (TPSA) is 104 Å². The van der Waals surface area contributed by atoms with Gasteiger partial charge >= 0.3 is 5.97 Å². The van der Waals surface area contributed by atoms with Crippen LogP contribution in [0, 0.1) is 0 Å². The number of phenols is 2. The molecule has 0 aliphatic rings. The van der Waals surface area contributed by atoms with Gasteiger partial charge in [-0.25, -0.2) is 4.39 Å². The molecule has 1 atom stereocenters. The molecule has 0 saturated carbocycles. The average Bonchev–Trinajstić information content (AvgIpc) is 2.24. The number of phenolic OH excluding ortho intramolecular Hbond substituents is 2. The number of alkyl halides is 1. The Morgan fingerprint density at radius 3 is 2.56 bits per heavy atom. The number of carboxylic acids is 1. The number of nitrogens with two attached hydrogens (primary N) is 1. The Balaban J connectivity index is 3.04. The Labute approximate surface area is 90.9 Å². The molecule has 0 aliphatic carbocycles. The molecule has 0 aromatic heterocycles. The Kier molecular flexibility index (Phi) is 3.34. The maximum Gasteiger partial charge on any atom is 0.326 e. The van der Waals surface area contributed by atoms with E-state index in [0.29, 0.717) is 0 Å². The van der Waals surface area contributed by atoms with Gasteiger partial charge in [0.2, 0.25) is 0 Å². The van der Waals surface area contributed by atoms with Gasteiger partial charge in [-0.2, -0.15) is 0 Å². The molecule has 5 N–H and O–H groups in total. The van der Waals surface area contributed by atoms with E-state index in [0.717, 1.165) is 0 Å². The second-order valence-corrected chi connectivity index (χ2v) is 3.56. The standard InChI is InChI=1S/C10H12FNO4/c11-5-10(12,9(15)16)4-6-2-1-3-7(13)8(6)14/h1-3,13-14H,4-5,12H2,(H,15,16). The van der Waals surface area contributed by atoms with Crippen molar-refractivity contribution in [3.05, 3.63) is 23.8 Å². The largest absolute Gasteiger partial charge is 0.504 e. The van der Waals surface area contributed by atoms with E-state index in [1.807, 2.05) is 0 Å². The van der Waals surface area contributed by atoms with E-state index in [4.69, 9.17) is 10.8 Å². The minimum Gasteiger partial charge on any atom is -0.504 e. The maximum atomic E-state index is 12.6. The highest BCUT2D eigenvalue weighted by Crippen LogP contribution is 2.30. The lowest BCUT2D eigenvalue weighted by Crippen LogP contribution is -2.52. The number of aliphatic carboxylic acids is 1. The Morgan fingerprint density at radius 2 is 2.06 bits per heavy atom. The SMILES string of the molecule is NC(CF)(Cc1cccc(O)c1O)C(=O)O. The van der Waals surface area contributed by atoms with E-state index < -0.39 is 36.1 Å². The highest BCUT2D eigenvalue weighted by molar-refractivity contribution is 5.79. The van der Waals surface area contributed by atoms with Crippen LogP contribution in [0.25, 0.3) is 0 Å². The van der Waals surface area contributed by atoms with Crippen LogP contribution in [-0.4, -0.2) is 33.5 Å². The normalized spacial score (nSPS) is 14.4. The lowest BCUT2D eigenvalue weighted by Gasteiger charge is -2.21. The van der Waals surface area contributed by atoms with E-state index in [1.54, 1.807) is 0 Å². The molecule has 0 fully saturated rings. The van der Waals surface area contributed by atoms with Gasteiger partial charge in [0, 0.05) is 12.0 Å². The van der Waals surface area contributed by atoms with Gasteiger partial charge < -0.3 is 21.1 Å². The monoisotopic (exact) mass is 229 g/mol. The number of hydrogen-bond acceptors (Lipinski definition) is 4. The summed E-state index contributed by atoms with van der Waals surface area (Å²) in [6, 6.07) is 4.01. The van der Waals surface area contributed by atoms with Crippen molar-refractivity contribution < 1.29 is 24.5 Å². The van der Waals surface area contributed by atoms with Gasteiger partial charge in [-0.1, -0.05) is 12.1 Å². The molecule has 16 heavy (non-hydrogen) atoms. The summed E-state index contributed by atoms with van der Waals surface area (Å²) in [4.78, 5) is 10.7. The molecule has 88 valence electrons. The van der Waals surface area contributed by atoms with Crippen molar-refractivity contribution in [3.63, 3.8) is 0 Å². The molecule has 1 unspecified atom stereocenters. The Bertz CT molecular complexity index is 410. The van der Waals surface area contributed by atoms with Gasteiger partial charge in [0.1, 0.15) is 12.2 Å². The van der Waals surface area contributed by atoms with E-state index in [9.17, 15) is 19.4 Å². The number of halogens is 1. The Hall–Kier alpha value is -1.82. The van der Waals surface area contributed by atoms with Crippen molar-refractivity contribution in [1.82, 2.24) is 0 Å². The van der Waals surface area contributed by atoms with Crippen LogP contribution in [0.2, 0.25) is 0 Å². The van der Waals surface area contributed by atoms with Crippen molar-refractivity contribution >= 4 is 5.97 Å². The summed E-state index contributed by atoms with van der Waals surface area (Å²) in [7, 11) is 0. The summed E-state index contributed by atoms with van der Waals surface area (Å²) < 4.78 is 12.6. The average molecular weight is 229 g/mol. The van der Waals surface area contributed by atoms with Gasteiger partial charge in [0.05, 0.1) is 0 Å². The van der Waals surface area contributed by atoms with Crippen LogP contribution < -0.4 is 5.73 Å². The first-order valence-corrected chi connectivity index (χ1v) is 4.49. The van der Waals surface area contributed by atoms with Gasteiger partial charge in [-0.3, -0.25) is 4.79 Å². The molecule has 0 spiro atoms. The van der Waals surface area contributed by atoms with Crippen LogP contribution in [0.15, 0.2) is 18.2 Å². The van der Waals surface area contributed by atoms with Crippen LogP contribution in [0.3, 0.4) is 0 Å². The summed E-state index contributed by atoms with van der Waals surface area (Å²) in [5.74, 6) is -2.38. The summed E-state index contributed by atoms with van der Waals surface area (Å²) in [5, 5.41) is 27.3. The minimum atomic E-state index is -2.09. The predicted molar refractivity (Wildman–Crippen MR) is 54.0 cm³/mol. The molecule has 5 nitrogen and oxygen atoms in total. The molecule has 0 bridgehead atoms.